The fourth-order valence-corrected chi connectivity index (χ4v) is 3.17. The maximum atomic E-state index is 13.1. The zero-order valence-corrected chi connectivity index (χ0v) is 13.5. The van der Waals surface area contributed by atoms with Crippen LogP contribution in [0.1, 0.15) is 38.2 Å². The van der Waals surface area contributed by atoms with Crippen molar-refractivity contribution in [3.8, 4) is 0 Å². The van der Waals surface area contributed by atoms with E-state index in [1.54, 1.807) is 0 Å². The van der Waals surface area contributed by atoms with Gasteiger partial charge < -0.3 is 10.1 Å². The van der Waals surface area contributed by atoms with Gasteiger partial charge in [0.05, 0.1) is 0 Å². The first kappa shape index (κ1) is 16.7. The van der Waals surface area contributed by atoms with Crippen LogP contribution in [0.2, 0.25) is 5.02 Å². The van der Waals surface area contributed by atoms with Crippen LogP contribution in [0.25, 0.3) is 0 Å². The zero-order chi connectivity index (χ0) is 15.1. The van der Waals surface area contributed by atoms with Crippen molar-refractivity contribution in [2.75, 3.05) is 19.8 Å². The first-order valence-corrected chi connectivity index (χ1v) is 8.32. The van der Waals surface area contributed by atoms with E-state index in [4.69, 9.17) is 16.3 Å². The van der Waals surface area contributed by atoms with Crippen LogP contribution in [0.4, 0.5) is 4.39 Å². The lowest BCUT2D eigenvalue weighted by Gasteiger charge is -2.27. The molecule has 1 atom stereocenters. The minimum atomic E-state index is -0.272. The predicted molar refractivity (Wildman–Crippen MR) is 85.4 cm³/mol. The Balaban J connectivity index is 1.97. The highest BCUT2D eigenvalue weighted by Crippen LogP contribution is 2.24. The summed E-state index contributed by atoms with van der Waals surface area (Å²) in [7, 11) is 0. The minimum absolute atomic E-state index is 0.272. The molecule has 0 aromatic heterocycles. The molecular weight excluding hydrogens is 289 g/mol. The van der Waals surface area contributed by atoms with Gasteiger partial charge in [-0.2, -0.15) is 0 Å². The second-order valence-corrected chi connectivity index (χ2v) is 6.29. The smallest absolute Gasteiger partial charge is 0.124 e. The Kier molecular flexibility index (Phi) is 6.94. The molecule has 1 saturated heterocycles. The first-order valence-electron chi connectivity index (χ1n) is 7.94. The van der Waals surface area contributed by atoms with E-state index in [-0.39, 0.29) is 5.82 Å². The Morgan fingerprint density at radius 3 is 2.81 bits per heavy atom. The lowest BCUT2D eigenvalue weighted by atomic mass is 9.89. The van der Waals surface area contributed by atoms with E-state index < -0.39 is 0 Å². The standard InChI is InChI=1S/C17H25ClFNO/c1-2-7-20-16(10-13-5-8-21-9-6-13)11-14-3-4-15(19)12-17(14)18/h3-4,12-13,16,20H,2,5-11H2,1H3. The fraction of sp³-hybridized carbons (Fsp3) is 0.647. The summed E-state index contributed by atoms with van der Waals surface area (Å²) in [5, 5.41) is 4.15. The average molecular weight is 314 g/mol. The van der Waals surface area contributed by atoms with Crippen LogP contribution >= 0.6 is 11.6 Å². The van der Waals surface area contributed by atoms with Gasteiger partial charge in [0.2, 0.25) is 0 Å². The topological polar surface area (TPSA) is 21.3 Å². The second kappa shape index (κ2) is 8.72. The Morgan fingerprint density at radius 2 is 2.14 bits per heavy atom. The molecule has 0 amide bonds. The van der Waals surface area contributed by atoms with Crippen LogP contribution in [0, 0.1) is 11.7 Å². The molecule has 4 heteroatoms. The Bertz CT molecular complexity index is 435. The van der Waals surface area contributed by atoms with Gasteiger partial charge in [-0.25, -0.2) is 4.39 Å². The lowest BCUT2D eigenvalue weighted by molar-refractivity contribution is 0.0605. The summed E-state index contributed by atoms with van der Waals surface area (Å²) >= 11 is 6.16. The molecule has 2 nitrogen and oxygen atoms in total. The molecular formula is C17H25ClFNO. The summed E-state index contributed by atoms with van der Waals surface area (Å²) in [6.45, 7) is 4.93. The number of hydrogen-bond donors (Lipinski definition) is 1. The van der Waals surface area contributed by atoms with Gasteiger partial charge in [0.15, 0.2) is 0 Å². The van der Waals surface area contributed by atoms with E-state index in [1.807, 2.05) is 6.07 Å². The monoisotopic (exact) mass is 313 g/mol. The van der Waals surface area contributed by atoms with E-state index in [9.17, 15) is 4.39 Å². The summed E-state index contributed by atoms with van der Waals surface area (Å²) in [6, 6.07) is 5.10. The van der Waals surface area contributed by atoms with E-state index in [1.165, 1.54) is 12.1 Å². The van der Waals surface area contributed by atoms with E-state index in [0.717, 1.165) is 57.4 Å². The van der Waals surface area contributed by atoms with Crippen molar-refractivity contribution in [3.63, 3.8) is 0 Å². The molecule has 0 bridgehead atoms. The highest BCUT2D eigenvalue weighted by Gasteiger charge is 2.20. The molecule has 1 fully saturated rings. The molecule has 0 radical (unpaired) electrons. The van der Waals surface area contributed by atoms with Gasteiger partial charge in [0.1, 0.15) is 5.82 Å². The molecule has 21 heavy (non-hydrogen) atoms. The Hall–Kier alpha value is -0.640. The van der Waals surface area contributed by atoms with Crippen molar-refractivity contribution in [3.05, 3.63) is 34.6 Å². The molecule has 1 N–H and O–H groups in total. The maximum absolute atomic E-state index is 13.1. The van der Waals surface area contributed by atoms with Crippen molar-refractivity contribution in [1.82, 2.24) is 5.32 Å². The third-order valence-electron chi connectivity index (χ3n) is 4.12. The zero-order valence-electron chi connectivity index (χ0n) is 12.7. The molecule has 2 rings (SSSR count). The van der Waals surface area contributed by atoms with Crippen LogP contribution in [0.15, 0.2) is 18.2 Å². The molecule has 0 spiro atoms. The fourth-order valence-electron chi connectivity index (χ4n) is 2.92. The van der Waals surface area contributed by atoms with Crippen LogP contribution in [-0.2, 0) is 11.2 Å². The molecule has 1 unspecified atom stereocenters. The molecule has 0 aliphatic carbocycles. The average Bonchev–Trinajstić information content (AvgIpc) is 2.48. The summed E-state index contributed by atoms with van der Waals surface area (Å²) < 4.78 is 18.6. The number of hydrogen-bond acceptors (Lipinski definition) is 2. The number of ether oxygens (including phenoxy) is 1. The van der Waals surface area contributed by atoms with Gasteiger partial charge in [-0.05, 0) is 62.3 Å². The number of nitrogens with one attached hydrogen (secondary N) is 1. The van der Waals surface area contributed by atoms with Gasteiger partial charge in [0, 0.05) is 24.3 Å². The molecule has 1 aromatic carbocycles. The van der Waals surface area contributed by atoms with E-state index >= 15 is 0 Å². The van der Waals surface area contributed by atoms with Crippen LogP contribution < -0.4 is 5.32 Å². The first-order chi connectivity index (χ1) is 10.2. The van der Waals surface area contributed by atoms with E-state index in [2.05, 4.69) is 12.2 Å². The van der Waals surface area contributed by atoms with Gasteiger partial charge in [-0.15, -0.1) is 0 Å². The van der Waals surface area contributed by atoms with Crippen molar-refractivity contribution in [1.29, 1.82) is 0 Å². The van der Waals surface area contributed by atoms with E-state index in [0.29, 0.717) is 17.0 Å². The van der Waals surface area contributed by atoms with Crippen molar-refractivity contribution in [2.45, 2.75) is 45.1 Å². The van der Waals surface area contributed by atoms with Gasteiger partial charge in [-0.1, -0.05) is 24.6 Å². The van der Waals surface area contributed by atoms with Gasteiger partial charge >= 0.3 is 0 Å². The molecule has 1 heterocycles. The quantitative estimate of drug-likeness (QED) is 0.814. The third kappa shape index (κ3) is 5.57. The third-order valence-corrected chi connectivity index (χ3v) is 4.48. The van der Waals surface area contributed by atoms with Crippen molar-refractivity contribution < 1.29 is 9.13 Å². The molecule has 0 saturated carbocycles. The summed E-state index contributed by atoms with van der Waals surface area (Å²) in [5.74, 6) is 0.443. The van der Waals surface area contributed by atoms with Gasteiger partial charge in [-0.3, -0.25) is 0 Å². The number of benzene rings is 1. The highest BCUT2D eigenvalue weighted by atomic mass is 35.5. The summed E-state index contributed by atoms with van der Waals surface area (Å²) in [4.78, 5) is 0. The van der Waals surface area contributed by atoms with Crippen molar-refractivity contribution in [2.24, 2.45) is 5.92 Å². The number of halogens is 2. The molecule has 1 aliphatic heterocycles. The van der Waals surface area contributed by atoms with Crippen molar-refractivity contribution >= 4 is 11.6 Å². The molecule has 118 valence electrons. The summed E-state index contributed by atoms with van der Waals surface area (Å²) in [5.41, 5.74) is 1.03. The highest BCUT2D eigenvalue weighted by molar-refractivity contribution is 6.31. The Morgan fingerprint density at radius 1 is 1.38 bits per heavy atom. The van der Waals surface area contributed by atoms with Crippen LogP contribution in [0.5, 0.6) is 0 Å². The van der Waals surface area contributed by atoms with Crippen LogP contribution in [-0.4, -0.2) is 25.8 Å². The predicted octanol–water partition coefficient (Wildman–Crippen LogP) is 4.21. The molecule has 1 aliphatic rings. The normalized spacial score (nSPS) is 17.9. The lowest BCUT2D eigenvalue weighted by Crippen LogP contribution is -2.35. The largest absolute Gasteiger partial charge is 0.381 e. The van der Waals surface area contributed by atoms with Gasteiger partial charge in [0.25, 0.3) is 0 Å². The SMILES string of the molecule is CCCNC(Cc1ccc(F)cc1Cl)CC1CCOCC1. The number of rotatable bonds is 7. The minimum Gasteiger partial charge on any atom is -0.381 e. The van der Waals surface area contributed by atoms with Crippen LogP contribution in [0.3, 0.4) is 0 Å². The second-order valence-electron chi connectivity index (χ2n) is 5.88. The Labute approximate surface area is 132 Å². The summed E-state index contributed by atoms with van der Waals surface area (Å²) in [6.07, 6.45) is 5.39. The maximum Gasteiger partial charge on any atom is 0.124 e. The molecule has 1 aromatic rings.